The van der Waals surface area contributed by atoms with Crippen LogP contribution in [0.3, 0.4) is 0 Å². The first-order valence-electron chi connectivity index (χ1n) is 4.52. The van der Waals surface area contributed by atoms with Gasteiger partial charge in [-0.05, 0) is 23.8 Å². The minimum atomic E-state index is -0.346. The Morgan fingerprint density at radius 1 is 1.44 bits per heavy atom. The molecule has 0 bridgehead atoms. The molecule has 0 spiro atoms. The van der Waals surface area contributed by atoms with Crippen molar-refractivity contribution in [1.29, 1.82) is 0 Å². The molecule has 1 heterocycles. The second-order valence-electron chi connectivity index (χ2n) is 3.24. The Balaban J connectivity index is 2.18. The van der Waals surface area contributed by atoms with Crippen molar-refractivity contribution in [3.8, 4) is 0 Å². The maximum Gasteiger partial charge on any atom is 0.178 e. The molecular weight excluding hydrogens is 293 g/mol. The monoisotopic (exact) mass is 299 g/mol. The molecule has 16 heavy (non-hydrogen) atoms. The van der Waals surface area contributed by atoms with E-state index in [9.17, 15) is 9.18 Å². The number of ketones is 1. The van der Waals surface area contributed by atoms with Gasteiger partial charge in [-0.2, -0.15) is 0 Å². The lowest BCUT2D eigenvalue weighted by Crippen LogP contribution is -2.01. The Labute approximate surface area is 104 Å². The van der Waals surface area contributed by atoms with Gasteiger partial charge in [-0.15, -0.1) is 11.3 Å². The Hall–Kier alpha value is -1.07. The molecule has 1 aromatic heterocycles. The lowest BCUT2D eigenvalue weighted by Gasteiger charge is -2.00. The highest BCUT2D eigenvalue weighted by Crippen LogP contribution is 2.17. The SMILES string of the molecule is O=C(Cc1cc(F)cc(Br)c1)c1cncs1. The summed E-state index contributed by atoms with van der Waals surface area (Å²) in [5.41, 5.74) is 2.26. The van der Waals surface area contributed by atoms with Gasteiger partial charge in [0, 0.05) is 17.1 Å². The van der Waals surface area contributed by atoms with Crippen LogP contribution in [-0.4, -0.2) is 10.8 Å². The van der Waals surface area contributed by atoms with Gasteiger partial charge in [-0.3, -0.25) is 9.78 Å². The number of hydrogen-bond acceptors (Lipinski definition) is 3. The van der Waals surface area contributed by atoms with Crippen molar-refractivity contribution >= 4 is 33.0 Å². The minimum Gasteiger partial charge on any atom is -0.293 e. The third kappa shape index (κ3) is 2.74. The third-order valence-electron chi connectivity index (χ3n) is 1.99. The molecule has 0 unspecified atom stereocenters. The van der Waals surface area contributed by atoms with Gasteiger partial charge in [0.05, 0.1) is 10.4 Å². The van der Waals surface area contributed by atoms with Crippen LogP contribution in [0.25, 0.3) is 0 Å². The first-order chi connectivity index (χ1) is 7.65. The molecular formula is C11H7BrFNOS. The van der Waals surface area contributed by atoms with Crippen molar-refractivity contribution in [3.05, 3.63) is 50.6 Å². The van der Waals surface area contributed by atoms with Gasteiger partial charge in [0.15, 0.2) is 5.78 Å². The summed E-state index contributed by atoms with van der Waals surface area (Å²) in [4.78, 5) is 16.2. The molecule has 0 N–H and O–H groups in total. The van der Waals surface area contributed by atoms with Gasteiger partial charge in [0.1, 0.15) is 5.82 Å². The Bertz CT molecular complexity index is 492. The van der Waals surface area contributed by atoms with Crippen LogP contribution in [-0.2, 0) is 6.42 Å². The predicted octanol–water partition coefficient (Wildman–Crippen LogP) is 3.47. The van der Waals surface area contributed by atoms with Crippen LogP contribution in [0.4, 0.5) is 4.39 Å². The van der Waals surface area contributed by atoms with Gasteiger partial charge in [0.25, 0.3) is 0 Å². The van der Waals surface area contributed by atoms with Crippen molar-refractivity contribution in [1.82, 2.24) is 4.98 Å². The number of Topliss-reactive ketones (excluding diaryl/α,β-unsaturated/α-hetero) is 1. The van der Waals surface area contributed by atoms with Crippen LogP contribution in [0, 0.1) is 5.82 Å². The molecule has 82 valence electrons. The summed E-state index contributed by atoms with van der Waals surface area (Å²) in [6, 6.07) is 4.46. The molecule has 0 atom stereocenters. The number of benzene rings is 1. The molecule has 0 aliphatic rings. The fourth-order valence-corrected chi connectivity index (χ4v) is 2.41. The van der Waals surface area contributed by atoms with E-state index in [0.29, 0.717) is 14.9 Å². The van der Waals surface area contributed by atoms with Crippen molar-refractivity contribution in [2.75, 3.05) is 0 Å². The van der Waals surface area contributed by atoms with Gasteiger partial charge in [-0.25, -0.2) is 4.39 Å². The fraction of sp³-hybridized carbons (Fsp3) is 0.0909. The number of carbonyl (C=O) groups excluding carboxylic acids is 1. The van der Waals surface area contributed by atoms with Crippen molar-refractivity contribution in [3.63, 3.8) is 0 Å². The van der Waals surface area contributed by atoms with Crippen molar-refractivity contribution in [2.45, 2.75) is 6.42 Å². The molecule has 5 heteroatoms. The Morgan fingerprint density at radius 3 is 2.88 bits per heavy atom. The van der Waals surface area contributed by atoms with Crippen molar-refractivity contribution in [2.24, 2.45) is 0 Å². The Morgan fingerprint density at radius 2 is 2.25 bits per heavy atom. The fourth-order valence-electron chi connectivity index (χ4n) is 1.34. The maximum atomic E-state index is 13.1. The molecule has 2 rings (SSSR count). The van der Waals surface area contributed by atoms with E-state index in [1.807, 2.05) is 0 Å². The summed E-state index contributed by atoms with van der Waals surface area (Å²) in [6.45, 7) is 0. The van der Waals surface area contributed by atoms with Gasteiger partial charge in [0.2, 0.25) is 0 Å². The summed E-state index contributed by atoms with van der Waals surface area (Å²) in [6.07, 6.45) is 1.72. The zero-order valence-electron chi connectivity index (χ0n) is 8.11. The topological polar surface area (TPSA) is 30.0 Å². The first-order valence-corrected chi connectivity index (χ1v) is 6.19. The molecule has 2 aromatic rings. The van der Waals surface area contributed by atoms with Crippen LogP contribution in [0.5, 0.6) is 0 Å². The van der Waals surface area contributed by atoms with Crippen LogP contribution in [0.15, 0.2) is 34.4 Å². The van der Waals surface area contributed by atoms with Crippen LogP contribution >= 0.6 is 27.3 Å². The molecule has 0 fully saturated rings. The lowest BCUT2D eigenvalue weighted by molar-refractivity contribution is 0.0996. The van der Waals surface area contributed by atoms with E-state index in [-0.39, 0.29) is 18.0 Å². The predicted molar refractivity (Wildman–Crippen MR) is 64.2 cm³/mol. The average molecular weight is 300 g/mol. The summed E-state index contributed by atoms with van der Waals surface area (Å²) in [5, 5.41) is 0. The number of halogens is 2. The standard InChI is InChI=1S/C11H7BrFNOS/c12-8-1-7(2-9(13)4-8)3-10(15)11-5-14-6-16-11/h1-2,4-6H,3H2. The van der Waals surface area contributed by atoms with Gasteiger partial charge >= 0.3 is 0 Å². The molecule has 0 aliphatic carbocycles. The normalized spacial score (nSPS) is 10.4. The molecule has 2 nitrogen and oxygen atoms in total. The van der Waals surface area contributed by atoms with E-state index in [0.717, 1.165) is 0 Å². The summed E-state index contributed by atoms with van der Waals surface area (Å²) in [7, 11) is 0. The molecule has 0 amide bonds. The minimum absolute atomic E-state index is 0.0417. The van der Waals surface area contributed by atoms with Crippen LogP contribution in [0.1, 0.15) is 15.2 Å². The van der Waals surface area contributed by atoms with Crippen LogP contribution in [0.2, 0.25) is 0 Å². The number of aromatic nitrogens is 1. The molecule has 1 aromatic carbocycles. The molecule has 0 saturated heterocycles. The number of rotatable bonds is 3. The summed E-state index contributed by atoms with van der Waals surface area (Å²) in [5.74, 6) is -0.388. The third-order valence-corrected chi connectivity index (χ3v) is 3.27. The van der Waals surface area contributed by atoms with E-state index in [1.165, 1.54) is 29.7 Å². The Kier molecular flexibility index (Phi) is 3.46. The van der Waals surface area contributed by atoms with Crippen LogP contribution < -0.4 is 0 Å². The summed E-state index contributed by atoms with van der Waals surface area (Å²) >= 11 is 4.48. The van der Waals surface area contributed by atoms with E-state index >= 15 is 0 Å². The first kappa shape index (κ1) is 11.4. The van der Waals surface area contributed by atoms with Gasteiger partial charge in [-0.1, -0.05) is 15.9 Å². The van der Waals surface area contributed by atoms with E-state index < -0.39 is 0 Å². The highest BCUT2D eigenvalue weighted by Gasteiger charge is 2.09. The number of carbonyl (C=O) groups is 1. The zero-order chi connectivity index (χ0) is 11.5. The lowest BCUT2D eigenvalue weighted by atomic mass is 10.1. The average Bonchev–Trinajstić information content (AvgIpc) is 2.68. The van der Waals surface area contributed by atoms with Gasteiger partial charge < -0.3 is 0 Å². The second kappa shape index (κ2) is 4.84. The van der Waals surface area contributed by atoms with E-state index in [1.54, 1.807) is 11.6 Å². The van der Waals surface area contributed by atoms with E-state index in [2.05, 4.69) is 20.9 Å². The maximum absolute atomic E-state index is 13.1. The van der Waals surface area contributed by atoms with Crippen molar-refractivity contribution < 1.29 is 9.18 Å². The smallest absolute Gasteiger partial charge is 0.178 e. The molecule has 0 saturated carbocycles. The second-order valence-corrected chi connectivity index (χ2v) is 5.05. The highest BCUT2D eigenvalue weighted by atomic mass is 79.9. The zero-order valence-corrected chi connectivity index (χ0v) is 10.5. The molecule has 0 aliphatic heterocycles. The largest absolute Gasteiger partial charge is 0.293 e. The number of nitrogens with zero attached hydrogens (tertiary/aromatic N) is 1. The van der Waals surface area contributed by atoms with E-state index in [4.69, 9.17) is 0 Å². The summed E-state index contributed by atoms with van der Waals surface area (Å²) < 4.78 is 13.7. The number of hydrogen-bond donors (Lipinski definition) is 0. The number of thiazole rings is 1. The quantitative estimate of drug-likeness (QED) is 0.812. The molecule has 0 radical (unpaired) electrons. The highest BCUT2D eigenvalue weighted by molar-refractivity contribution is 9.10.